The van der Waals surface area contributed by atoms with Gasteiger partial charge in [0, 0.05) is 10.0 Å². The first-order valence-electron chi connectivity index (χ1n) is 5.25. The average molecular weight is 279 g/mol. The Bertz CT molecular complexity index is 489. The van der Waals surface area contributed by atoms with E-state index in [0.717, 1.165) is 16.5 Å². The van der Waals surface area contributed by atoms with Crippen LogP contribution in [0.15, 0.2) is 46.9 Å². The van der Waals surface area contributed by atoms with Crippen LogP contribution in [0.2, 0.25) is 0 Å². The molecule has 0 bridgehead atoms. The van der Waals surface area contributed by atoms with Crippen LogP contribution in [-0.2, 0) is 6.42 Å². The van der Waals surface area contributed by atoms with Crippen molar-refractivity contribution in [2.24, 2.45) is 0 Å². The molecule has 2 heteroatoms. The third kappa shape index (κ3) is 2.33. The van der Waals surface area contributed by atoms with Gasteiger partial charge in [-0.2, -0.15) is 0 Å². The molecule has 0 amide bonds. The zero-order valence-electron chi connectivity index (χ0n) is 9.00. The summed E-state index contributed by atoms with van der Waals surface area (Å²) < 4.78 is 14.5. The smallest absolute Gasteiger partial charge is 0.132 e. The highest BCUT2D eigenvalue weighted by molar-refractivity contribution is 9.10. The van der Waals surface area contributed by atoms with Gasteiger partial charge in [0.1, 0.15) is 5.82 Å². The summed E-state index contributed by atoms with van der Waals surface area (Å²) >= 11 is 3.25. The molecule has 0 aliphatic carbocycles. The first kappa shape index (κ1) is 11.3. The van der Waals surface area contributed by atoms with E-state index in [4.69, 9.17) is 0 Å². The van der Waals surface area contributed by atoms with Crippen molar-refractivity contribution in [1.29, 1.82) is 0 Å². The minimum absolute atomic E-state index is 0.196. The van der Waals surface area contributed by atoms with Gasteiger partial charge >= 0.3 is 0 Å². The van der Waals surface area contributed by atoms with E-state index in [2.05, 4.69) is 22.9 Å². The molecule has 0 nitrogen and oxygen atoms in total. The molecule has 16 heavy (non-hydrogen) atoms. The molecule has 82 valence electrons. The molecule has 0 unspecified atom stereocenters. The van der Waals surface area contributed by atoms with Crippen LogP contribution < -0.4 is 0 Å². The number of rotatable bonds is 2. The molecule has 0 aliphatic rings. The summed E-state index contributed by atoms with van der Waals surface area (Å²) in [4.78, 5) is 0. The lowest BCUT2D eigenvalue weighted by Crippen LogP contribution is -1.85. The molecule has 0 saturated carbocycles. The van der Waals surface area contributed by atoms with Crippen molar-refractivity contribution in [2.75, 3.05) is 0 Å². The summed E-state index contributed by atoms with van der Waals surface area (Å²) in [5.41, 5.74) is 2.83. The van der Waals surface area contributed by atoms with Gasteiger partial charge in [0.15, 0.2) is 0 Å². The molecule has 0 heterocycles. The van der Waals surface area contributed by atoms with E-state index in [1.807, 2.05) is 30.3 Å². The van der Waals surface area contributed by atoms with Crippen LogP contribution in [0.5, 0.6) is 0 Å². The predicted octanol–water partition coefficient (Wildman–Crippen LogP) is 4.82. The van der Waals surface area contributed by atoms with E-state index >= 15 is 0 Å². The van der Waals surface area contributed by atoms with Crippen LogP contribution in [0.3, 0.4) is 0 Å². The van der Waals surface area contributed by atoms with Crippen molar-refractivity contribution in [1.82, 2.24) is 0 Å². The highest BCUT2D eigenvalue weighted by atomic mass is 79.9. The molecule has 2 rings (SSSR count). The molecular weight excluding hydrogens is 267 g/mol. The fourth-order valence-electron chi connectivity index (χ4n) is 1.64. The predicted molar refractivity (Wildman–Crippen MR) is 68.9 cm³/mol. The maximum absolute atomic E-state index is 13.7. The van der Waals surface area contributed by atoms with Gasteiger partial charge in [0.05, 0.1) is 0 Å². The number of benzene rings is 2. The largest absolute Gasteiger partial charge is 0.206 e. The zero-order chi connectivity index (χ0) is 11.5. The zero-order valence-corrected chi connectivity index (χ0v) is 10.6. The topological polar surface area (TPSA) is 0 Å². The minimum Gasteiger partial charge on any atom is -0.206 e. The number of hydrogen-bond acceptors (Lipinski definition) is 0. The van der Waals surface area contributed by atoms with Gasteiger partial charge in [-0.3, -0.25) is 0 Å². The van der Waals surface area contributed by atoms with Gasteiger partial charge in [-0.05, 0) is 29.7 Å². The molecule has 0 saturated heterocycles. The second-order valence-electron chi connectivity index (χ2n) is 3.67. The summed E-state index contributed by atoms with van der Waals surface area (Å²) in [6.45, 7) is 2.11. The number of hydrogen-bond donors (Lipinski definition) is 0. The van der Waals surface area contributed by atoms with E-state index in [9.17, 15) is 4.39 Å². The standard InChI is InChI=1S/C14H12BrF/c1-2-10-3-5-11(6-4-10)13-8-7-12(15)9-14(13)16/h3-9H,2H2,1H3. The summed E-state index contributed by atoms with van der Waals surface area (Å²) in [7, 11) is 0. The quantitative estimate of drug-likeness (QED) is 0.739. The fourth-order valence-corrected chi connectivity index (χ4v) is 1.98. The van der Waals surface area contributed by atoms with Crippen LogP contribution in [0.25, 0.3) is 11.1 Å². The lowest BCUT2D eigenvalue weighted by Gasteiger charge is -2.05. The van der Waals surface area contributed by atoms with Crippen LogP contribution >= 0.6 is 15.9 Å². The molecule has 0 spiro atoms. The van der Waals surface area contributed by atoms with Crippen LogP contribution in [-0.4, -0.2) is 0 Å². The van der Waals surface area contributed by atoms with Crippen molar-refractivity contribution in [2.45, 2.75) is 13.3 Å². The molecule has 0 fully saturated rings. The molecule has 0 atom stereocenters. The maximum Gasteiger partial charge on any atom is 0.132 e. The van der Waals surface area contributed by atoms with Gasteiger partial charge in [0.25, 0.3) is 0 Å². The first-order chi connectivity index (χ1) is 7.70. The highest BCUT2D eigenvalue weighted by Gasteiger charge is 2.04. The van der Waals surface area contributed by atoms with Crippen LogP contribution in [0.4, 0.5) is 4.39 Å². The van der Waals surface area contributed by atoms with Crippen LogP contribution in [0, 0.1) is 5.82 Å². The van der Waals surface area contributed by atoms with E-state index in [1.165, 1.54) is 11.6 Å². The minimum atomic E-state index is -0.196. The summed E-state index contributed by atoms with van der Waals surface area (Å²) in [5, 5.41) is 0. The van der Waals surface area contributed by atoms with E-state index in [-0.39, 0.29) is 5.82 Å². The Kier molecular flexibility index (Phi) is 3.39. The third-order valence-corrected chi connectivity index (χ3v) is 3.10. The van der Waals surface area contributed by atoms with Crippen molar-refractivity contribution >= 4 is 15.9 Å². The second kappa shape index (κ2) is 4.79. The molecule has 0 aromatic heterocycles. The molecule has 0 radical (unpaired) electrons. The van der Waals surface area contributed by atoms with Gasteiger partial charge in [-0.1, -0.05) is 53.2 Å². The molecule has 0 N–H and O–H groups in total. The van der Waals surface area contributed by atoms with Gasteiger partial charge in [-0.25, -0.2) is 4.39 Å². The second-order valence-corrected chi connectivity index (χ2v) is 4.59. The Labute approximate surface area is 103 Å². The Hall–Kier alpha value is -1.15. The van der Waals surface area contributed by atoms with E-state index in [0.29, 0.717) is 5.56 Å². The number of halogens is 2. The normalized spacial score (nSPS) is 10.4. The van der Waals surface area contributed by atoms with Crippen molar-refractivity contribution in [3.05, 3.63) is 58.3 Å². The Balaban J connectivity index is 2.42. The Morgan fingerprint density at radius 3 is 2.31 bits per heavy atom. The van der Waals surface area contributed by atoms with Crippen molar-refractivity contribution < 1.29 is 4.39 Å². The van der Waals surface area contributed by atoms with Crippen LogP contribution in [0.1, 0.15) is 12.5 Å². The first-order valence-corrected chi connectivity index (χ1v) is 6.04. The lowest BCUT2D eigenvalue weighted by atomic mass is 10.0. The molecular formula is C14H12BrF. The Morgan fingerprint density at radius 1 is 1.06 bits per heavy atom. The van der Waals surface area contributed by atoms with Crippen molar-refractivity contribution in [3.63, 3.8) is 0 Å². The van der Waals surface area contributed by atoms with Gasteiger partial charge < -0.3 is 0 Å². The molecule has 0 aliphatic heterocycles. The van der Waals surface area contributed by atoms with Gasteiger partial charge in [-0.15, -0.1) is 0 Å². The Morgan fingerprint density at radius 2 is 1.75 bits per heavy atom. The maximum atomic E-state index is 13.7. The van der Waals surface area contributed by atoms with Gasteiger partial charge in [0.2, 0.25) is 0 Å². The summed E-state index contributed by atoms with van der Waals surface area (Å²) in [6, 6.07) is 13.1. The summed E-state index contributed by atoms with van der Waals surface area (Å²) in [5.74, 6) is -0.196. The molecule has 2 aromatic rings. The van der Waals surface area contributed by atoms with Crippen molar-refractivity contribution in [3.8, 4) is 11.1 Å². The van der Waals surface area contributed by atoms with E-state index < -0.39 is 0 Å². The summed E-state index contributed by atoms with van der Waals surface area (Å²) in [6.07, 6.45) is 1.00. The monoisotopic (exact) mass is 278 g/mol. The van der Waals surface area contributed by atoms with E-state index in [1.54, 1.807) is 6.07 Å². The number of aryl methyl sites for hydroxylation is 1. The molecule has 2 aromatic carbocycles. The lowest BCUT2D eigenvalue weighted by molar-refractivity contribution is 0.630. The average Bonchev–Trinajstić information content (AvgIpc) is 2.29. The SMILES string of the molecule is CCc1ccc(-c2ccc(Br)cc2F)cc1. The third-order valence-electron chi connectivity index (χ3n) is 2.60. The fraction of sp³-hybridized carbons (Fsp3) is 0.143. The highest BCUT2D eigenvalue weighted by Crippen LogP contribution is 2.25.